The molecule has 1 saturated carbocycles. The molecular formula is C18H26N2S. The van der Waals surface area contributed by atoms with Crippen molar-refractivity contribution in [1.82, 2.24) is 10.3 Å². The van der Waals surface area contributed by atoms with Crippen LogP contribution in [0.2, 0.25) is 0 Å². The van der Waals surface area contributed by atoms with Crippen LogP contribution in [0.25, 0.3) is 10.2 Å². The molecule has 1 aliphatic carbocycles. The molecule has 1 N–H and O–H groups in total. The SMILES string of the molecule is CCNCC1CCC(C)CC1Cc1nc2ccccc2s1. The number of benzene rings is 1. The summed E-state index contributed by atoms with van der Waals surface area (Å²) >= 11 is 1.89. The molecular weight excluding hydrogens is 276 g/mol. The summed E-state index contributed by atoms with van der Waals surface area (Å²) in [5.74, 6) is 2.50. The van der Waals surface area contributed by atoms with Gasteiger partial charge in [0.25, 0.3) is 0 Å². The molecule has 3 unspecified atom stereocenters. The van der Waals surface area contributed by atoms with Crippen molar-refractivity contribution in [2.24, 2.45) is 17.8 Å². The molecule has 0 spiro atoms. The maximum atomic E-state index is 4.84. The standard InChI is InChI=1S/C18H26N2S/c1-3-19-12-14-9-8-13(2)10-15(14)11-18-20-16-6-4-5-7-17(16)21-18/h4-7,13-15,19H,3,8-12H2,1-2H3. The van der Waals surface area contributed by atoms with E-state index in [9.17, 15) is 0 Å². The normalized spacial score (nSPS) is 26.3. The third-order valence-corrected chi connectivity index (χ3v) is 5.89. The van der Waals surface area contributed by atoms with E-state index >= 15 is 0 Å². The summed E-state index contributed by atoms with van der Waals surface area (Å²) in [6, 6.07) is 8.52. The predicted molar refractivity (Wildman–Crippen MR) is 91.9 cm³/mol. The molecule has 1 aliphatic rings. The third kappa shape index (κ3) is 3.64. The summed E-state index contributed by atoms with van der Waals surface area (Å²) in [4.78, 5) is 4.84. The van der Waals surface area contributed by atoms with Crippen LogP contribution >= 0.6 is 11.3 Å². The van der Waals surface area contributed by atoms with Crippen LogP contribution in [0.5, 0.6) is 0 Å². The van der Waals surface area contributed by atoms with Gasteiger partial charge in [-0.15, -0.1) is 11.3 Å². The van der Waals surface area contributed by atoms with E-state index in [1.165, 1.54) is 47.5 Å². The Morgan fingerprint density at radius 1 is 1.24 bits per heavy atom. The monoisotopic (exact) mass is 302 g/mol. The van der Waals surface area contributed by atoms with Gasteiger partial charge in [-0.2, -0.15) is 0 Å². The quantitative estimate of drug-likeness (QED) is 0.879. The lowest BCUT2D eigenvalue weighted by atomic mass is 9.73. The van der Waals surface area contributed by atoms with Crippen LogP contribution in [0.4, 0.5) is 0 Å². The smallest absolute Gasteiger partial charge is 0.0941 e. The molecule has 114 valence electrons. The number of nitrogens with zero attached hydrogens (tertiary/aromatic N) is 1. The third-order valence-electron chi connectivity index (χ3n) is 4.83. The first-order chi connectivity index (χ1) is 10.3. The Balaban J connectivity index is 1.73. The Labute approximate surface area is 132 Å². The second kappa shape index (κ2) is 6.89. The summed E-state index contributed by atoms with van der Waals surface area (Å²) in [5.41, 5.74) is 1.17. The molecule has 0 bridgehead atoms. The van der Waals surface area contributed by atoms with Crippen molar-refractivity contribution < 1.29 is 0 Å². The molecule has 3 heteroatoms. The van der Waals surface area contributed by atoms with Gasteiger partial charge in [0.15, 0.2) is 0 Å². The molecule has 0 amide bonds. The Hall–Kier alpha value is -0.930. The Kier molecular flexibility index (Phi) is 4.91. The van der Waals surface area contributed by atoms with Gasteiger partial charge in [0.1, 0.15) is 0 Å². The van der Waals surface area contributed by atoms with E-state index in [-0.39, 0.29) is 0 Å². The average molecular weight is 302 g/mol. The first-order valence-electron chi connectivity index (χ1n) is 8.31. The summed E-state index contributed by atoms with van der Waals surface area (Å²) in [5, 5.41) is 4.89. The molecule has 2 nitrogen and oxygen atoms in total. The van der Waals surface area contributed by atoms with E-state index in [1.54, 1.807) is 0 Å². The zero-order valence-electron chi connectivity index (χ0n) is 13.1. The van der Waals surface area contributed by atoms with Crippen LogP contribution in [-0.2, 0) is 6.42 Å². The molecule has 1 aromatic carbocycles. The minimum Gasteiger partial charge on any atom is -0.317 e. The van der Waals surface area contributed by atoms with Gasteiger partial charge in [0, 0.05) is 6.42 Å². The average Bonchev–Trinajstić information content (AvgIpc) is 2.88. The molecule has 0 aliphatic heterocycles. The Morgan fingerprint density at radius 3 is 2.90 bits per heavy atom. The summed E-state index contributed by atoms with van der Waals surface area (Å²) in [6.07, 6.45) is 5.31. The van der Waals surface area contributed by atoms with E-state index in [0.29, 0.717) is 0 Å². The minimum absolute atomic E-state index is 0.799. The lowest BCUT2D eigenvalue weighted by Crippen LogP contribution is -2.33. The van der Waals surface area contributed by atoms with Crippen molar-refractivity contribution in [3.63, 3.8) is 0 Å². The molecule has 1 aromatic heterocycles. The highest BCUT2D eigenvalue weighted by Gasteiger charge is 2.29. The van der Waals surface area contributed by atoms with E-state index < -0.39 is 0 Å². The Morgan fingerprint density at radius 2 is 2.10 bits per heavy atom. The topological polar surface area (TPSA) is 24.9 Å². The van der Waals surface area contributed by atoms with E-state index in [1.807, 2.05) is 11.3 Å². The number of fused-ring (bicyclic) bond motifs is 1. The van der Waals surface area contributed by atoms with Crippen molar-refractivity contribution in [2.45, 2.75) is 39.5 Å². The van der Waals surface area contributed by atoms with Crippen LogP contribution in [-0.4, -0.2) is 18.1 Å². The summed E-state index contributed by atoms with van der Waals surface area (Å²) < 4.78 is 1.33. The maximum Gasteiger partial charge on any atom is 0.0941 e. The van der Waals surface area contributed by atoms with Gasteiger partial charge in [-0.05, 0) is 55.8 Å². The number of nitrogens with one attached hydrogen (secondary N) is 1. The second-order valence-corrected chi connectivity index (χ2v) is 7.64. The predicted octanol–water partition coefficient (Wildman–Crippen LogP) is 4.50. The van der Waals surface area contributed by atoms with Gasteiger partial charge in [0.05, 0.1) is 15.2 Å². The minimum atomic E-state index is 0.799. The van der Waals surface area contributed by atoms with Gasteiger partial charge in [-0.1, -0.05) is 32.4 Å². The second-order valence-electron chi connectivity index (χ2n) is 6.53. The highest BCUT2D eigenvalue weighted by molar-refractivity contribution is 7.18. The van der Waals surface area contributed by atoms with Crippen LogP contribution < -0.4 is 5.32 Å². The molecule has 2 aromatic rings. The van der Waals surface area contributed by atoms with Crippen molar-refractivity contribution in [2.75, 3.05) is 13.1 Å². The summed E-state index contributed by atoms with van der Waals surface area (Å²) in [7, 11) is 0. The van der Waals surface area contributed by atoms with Crippen molar-refractivity contribution in [1.29, 1.82) is 0 Å². The number of hydrogen-bond donors (Lipinski definition) is 1. The molecule has 3 atom stereocenters. The highest BCUT2D eigenvalue weighted by atomic mass is 32.1. The first-order valence-corrected chi connectivity index (χ1v) is 9.13. The first kappa shape index (κ1) is 15.0. The van der Waals surface area contributed by atoms with E-state index in [0.717, 1.165) is 24.3 Å². The van der Waals surface area contributed by atoms with Gasteiger partial charge >= 0.3 is 0 Å². The van der Waals surface area contributed by atoms with Gasteiger partial charge in [0.2, 0.25) is 0 Å². The number of thiazole rings is 1. The maximum absolute atomic E-state index is 4.84. The highest BCUT2D eigenvalue weighted by Crippen LogP contribution is 2.36. The number of hydrogen-bond acceptors (Lipinski definition) is 3. The molecule has 3 rings (SSSR count). The van der Waals surface area contributed by atoms with Crippen LogP contribution in [0.3, 0.4) is 0 Å². The Bertz CT molecular complexity index is 542. The van der Waals surface area contributed by atoms with Gasteiger partial charge in [-0.3, -0.25) is 0 Å². The molecule has 1 fully saturated rings. The zero-order valence-corrected chi connectivity index (χ0v) is 14.0. The number of rotatable bonds is 5. The van der Waals surface area contributed by atoms with E-state index in [4.69, 9.17) is 4.98 Å². The summed E-state index contributed by atoms with van der Waals surface area (Å²) in [6.45, 7) is 6.88. The lowest BCUT2D eigenvalue weighted by molar-refractivity contribution is 0.184. The zero-order chi connectivity index (χ0) is 14.7. The van der Waals surface area contributed by atoms with Crippen LogP contribution in [0.1, 0.15) is 38.1 Å². The van der Waals surface area contributed by atoms with Crippen molar-refractivity contribution in [3.05, 3.63) is 29.3 Å². The molecule has 0 saturated heterocycles. The molecule has 0 radical (unpaired) electrons. The van der Waals surface area contributed by atoms with Gasteiger partial charge in [-0.25, -0.2) is 4.98 Å². The fraction of sp³-hybridized carbons (Fsp3) is 0.611. The fourth-order valence-corrected chi connectivity index (χ4v) is 4.70. The van der Waals surface area contributed by atoms with Crippen LogP contribution in [0, 0.1) is 17.8 Å². The van der Waals surface area contributed by atoms with Crippen molar-refractivity contribution >= 4 is 21.6 Å². The fourth-order valence-electron chi connectivity index (χ4n) is 3.64. The number of aromatic nitrogens is 1. The van der Waals surface area contributed by atoms with E-state index in [2.05, 4.69) is 43.4 Å². The largest absolute Gasteiger partial charge is 0.317 e. The molecule has 21 heavy (non-hydrogen) atoms. The molecule has 1 heterocycles. The lowest BCUT2D eigenvalue weighted by Gasteiger charge is -2.34. The van der Waals surface area contributed by atoms with Crippen LogP contribution in [0.15, 0.2) is 24.3 Å². The van der Waals surface area contributed by atoms with Gasteiger partial charge < -0.3 is 5.32 Å². The van der Waals surface area contributed by atoms with Crippen molar-refractivity contribution in [3.8, 4) is 0 Å². The number of para-hydroxylation sites is 1.